The van der Waals surface area contributed by atoms with Gasteiger partial charge in [-0.2, -0.15) is 4.99 Å². The molecule has 1 fully saturated rings. The number of amides is 1. The van der Waals surface area contributed by atoms with Gasteiger partial charge in [0.15, 0.2) is 0 Å². The number of carbonyl (C=O) groups is 1. The molecule has 1 aromatic carbocycles. The van der Waals surface area contributed by atoms with Gasteiger partial charge in [0.05, 0.1) is 10.7 Å². The molecule has 1 amide bonds. The summed E-state index contributed by atoms with van der Waals surface area (Å²) in [7, 11) is 1.58. The lowest BCUT2D eigenvalue weighted by atomic mass is 9.87. The van der Waals surface area contributed by atoms with E-state index in [0.717, 1.165) is 32.1 Å². The summed E-state index contributed by atoms with van der Waals surface area (Å²) in [5.41, 5.74) is 12.6. The largest absolute Gasteiger partial charge is 0.369 e. The molecule has 0 saturated heterocycles. The number of hydrogen-bond donors (Lipinski definition) is 3. The summed E-state index contributed by atoms with van der Waals surface area (Å²) >= 11 is 6.42. The number of hydrogen-bond acceptors (Lipinski definition) is 6. The molecular weight excluding hydrogens is 328 g/mol. The third kappa shape index (κ3) is 2.80. The van der Waals surface area contributed by atoms with E-state index in [1.165, 1.54) is 0 Å². The third-order valence-corrected chi connectivity index (χ3v) is 4.85. The number of nitrogens with one attached hydrogen (secondary N) is 1. The van der Waals surface area contributed by atoms with Gasteiger partial charge in [-0.25, -0.2) is 4.99 Å². The molecule has 0 unspecified atom stereocenters. The molecule has 1 aromatic rings. The van der Waals surface area contributed by atoms with Crippen molar-refractivity contribution < 1.29 is 4.79 Å². The Bertz CT molecular complexity index is 723. The van der Waals surface area contributed by atoms with Crippen LogP contribution >= 0.6 is 11.6 Å². The lowest BCUT2D eigenvalue weighted by Gasteiger charge is -2.45. The number of nitrogens with two attached hydrogens (primary N) is 2. The predicted octanol–water partition coefficient (Wildman–Crippen LogP) is 1.81. The van der Waals surface area contributed by atoms with Crippen LogP contribution in [0.25, 0.3) is 0 Å². The highest BCUT2D eigenvalue weighted by Gasteiger charge is 2.43. The molecule has 1 spiro atoms. The normalized spacial score (nSPS) is 19.7. The second-order valence-corrected chi connectivity index (χ2v) is 6.47. The van der Waals surface area contributed by atoms with Gasteiger partial charge in [0.1, 0.15) is 5.66 Å². The summed E-state index contributed by atoms with van der Waals surface area (Å²) < 4.78 is 0. The lowest BCUT2D eigenvalue weighted by molar-refractivity contribution is 0.0963. The maximum Gasteiger partial charge on any atom is 0.251 e. The highest BCUT2D eigenvalue weighted by atomic mass is 35.5. The second-order valence-electron chi connectivity index (χ2n) is 6.06. The van der Waals surface area contributed by atoms with E-state index in [0.29, 0.717) is 16.3 Å². The Balaban J connectivity index is 2.12. The topological polar surface area (TPSA) is 109 Å². The number of aliphatic imine (C=N–C) groups is 2. The average molecular weight is 349 g/mol. The Morgan fingerprint density at radius 3 is 2.67 bits per heavy atom. The van der Waals surface area contributed by atoms with Crippen molar-refractivity contribution >= 4 is 35.1 Å². The molecule has 3 rings (SSSR count). The van der Waals surface area contributed by atoms with Crippen molar-refractivity contribution in [1.82, 2.24) is 5.32 Å². The molecule has 128 valence electrons. The molecule has 0 aromatic heterocycles. The predicted molar refractivity (Wildman–Crippen MR) is 96.4 cm³/mol. The quantitative estimate of drug-likeness (QED) is 0.757. The monoisotopic (exact) mass is 348 g/mol. The van der Waals surface area contributed by atoms with Crippen LogP contribution in [-0.2, 0) is 0 Å². The summed E-state index contributed by atoms with van der Waals surface area (Å²) in [6.07, 6.45) is 4.81. The van der Waals surface area contributed by atoms with Gasteiger partial charge in [-0.05, 0) is 43.9 Å². The minimum Gasteiger partial charge on any atom is -0.369 e. The number of anilines is 1. The summed E-state index contributed by atoms with van der Waals surface area (Å²) in [6, 6.07) is 5.08. The zero-order chi connectivity index (χ0) is 17.3. The number of nitrogens with zero attached hydrogens (tertiary/aromatic N) is 3. The number of carbonyl (C=O) groups excluding carboxylic acids is 1. The van der Waals surface area contributed by atoms with E-state index < -0.39 is 5.66 Å². The van der Waals surface area contributed by atoms with Crippen molar-refractivity contribution in [1.29, 1.82) is 0 Å². The van der Waals surface area contributed by atoms with Crippen LogP contribution in [0.2, 0.25) is 5.02 Å². The minimum atomic E-state index is -0.584. The van der Waals surface area contributed by atoms with Gasteiger partial charge in [-0.15, -0.1) is 0 Å². The zero-order valence-corrected chi connectivity index (χ0v) is 14.3. The summed E-state index contributed by atoms with van der Waals surface area (Å²) in [5, 5.41) is 3.10. The number of benzene rings is 1. The lowest BCUT2D eigenvalue weighted by Crippen LogP contribution is -2.58. The van der Waals surface area contributed by atoms with Gasteiger partial charge in [0, 0.05) is 12.6 Å². The summed E-state index contributed by atoms with van der Waals surface area (Å²) in [4.78, 5) is 22.5. The van der Waals surface area contributed by atoms with Crippen LogP contribution in [-0.4, -0.2) is 30.5 Å². The van der Waals surface area contributed by atoms with Crippen molar-refractivity contribution in [2.75, 3.05) is 11.9 Å². The van der Waals surface area contributed by atoms with Crippen LogP contribution in [0.15, 0.2) is 28.2 Å². The van der Waals surface area contributed by atoms with Crippen molar-refractivity contribution in [3.8, 4) is 0 Å². The van der Waals surface area contributed by atoms with Gasteiger partial charge in [0.2, 0.25) is 11.9 Å². The summed E-state index contributed by atoms with van der Waals surface area (Å²) in [6.45, 7) is 0. The van der Waals surface area contributed by atoms with Gasteiger partial charge in [-0.1, -0.05) is 18.0 Å². The number of halogens is 1. The maximum atomic E-state index is 12.0. The molecule has 0 atom stereocenters. The highest BCUT2D eigenvalue weighted by Crippen LogP contribution is 2.41. The molecule has 7 nitrogen and oxygen atoms in total. The van der Waals surface area contributed by atoms with Crippen LogP contribution in [0.4, 0.5) is 5.69 Å². The Hall–Kier alpha value is -2.28. The van der Waals surface area contributed by atoms with Crippen LogP contribution in [0.3, 0.4) is 0 Å². The first-order valence-corrected chi connectivity index (χ1v) is 8.36. The van der Waals surface area contributed by atoms with Crippen molar-refractivity contribution in [3.63, 3.8) is 0 Å². The Kier molecular flexibility index (Phi) is 4.36. The summed E-state index contributed by atoms with van der Waals surface area (Å²) in [5.74, 6) is 0.241. The van der Waals surface area contributed by atoms with Crippen LogP contribution in [0.5, 0.6) is 0 Å². The van der Waals surface area contributed by atoms with E-state index in [-0.39, 0.29) is 17.8 Å². The molecular formula is C16H21ClN6O. The third-order valence-electron chi connectivity index (χ3n) is 4.53. The molecule has 24 heavy (non-hydrogen) atoms. The molecule has 1 saturated carbocycles. The van der Waals surface area contributed by atoms with Crippen molar-refractivity contribution in [2.45, 2.75) is 37.8 Å². The molecule has 8 heteroatoms. The van der Waals surface area contributed by atoms with Crippen LogP contribution < -0.4 is 21.7 Å². The fraction of sp³-hybridized carbons (Fsp3) is 0.438. The van der Waals surface area contributed by atoms with Gasteiger partial charge < -0.3 is 16.8 Å². The highest BCUT2D eigenvalue weighted by molar-refractivity contribution is 6.34. The fourth-order valence-electron chi connectivity index (χ4n) is 3.44. The van der Waals surface area contributed by atoms with Crippen molar-refractivity contribution in [3.05, 3.63) is 28.8 Å². The Morgan fingerprint density at radius 2 is 2.00 bits per heavy atom. The first kappa shape index (κ1) is 16.6. The van der Waals surface area contributed by atoms with Gasteiger partial charge in [-0.3, -0.25) is 9.69 Å². The van der Waals surface area contributed by atoms with E-state index in [2.05, 4.69) is 15.3 Å². The molecule has 0 radical (unpaired) electrons. The van der Waals surface area contributed by atoms with Crippen LogP contribution in [0, 0.1) is 0 Å². The molecule has 1 aliphatic carbocycles. The smallest absolute Gasteiger partial charge is 0.251 e. The van der Waals surface area contributed by atoms with E-state index >= 15 is 0 Å². The molecule has 2 aliphatic rings. The maximum absolute atomic E-state index is 12.0. The van der Waals surface area contributed by atoms with E-state index in [9.17, 15) is 4.79 Å². The number of rotatable bonds is 2. The van der Waals surface area contributed by atoms with Crippen LogP contribution in [0.1, 0.15) is 42.5 Å². The average Bonchev–Trinajstić information content (AvgIpc) is 2.55. The van der Waals surface area contributed by atoms with Gasteiger partial charge >= 0.3 is 0 Å². The van der Waals surface area contributed by atoms with Gasteiger partial charge in [0.25, 0.3) is 5.91 Å². The van der Waals surface area contributed by atoms with E-state index in [4.69, 9.17) is 23.1 Å². The molecule has 0 bridgehead atoms. The minimum absolute atomic E-state index is 0.184. The van der Waals surface area contributed by atoms with E-state index in [1.807, 2.05) is 4.90 Å². The molecule has 5 N–H and O–H groups in total. The Morgan fingerprint density at radius 1 is 1.29 bits per heavy atom. The first-order valence-electron chi connectivity index (χ1n) is 7.98. The molecule has 1 heterocycles. The molecule has 1 aliphatic heterocycles. The van der Waals surface area contributed by atoms with Crippen molar-refractivity contribution in [2.24, 2.45) is 21.5 Å². The fourth-order valence-corrected chi connectivity index (χ4v) is 3.64. The van der Waals surface area contributed by atoms with E-state index in [1.54, 1.807) is 25.2 Å². The first-order chi connectivity index (χ1) is 11.5. The zero-order valence-electron chi connectivity index (χ0n) is 13.6. The second kappa shape index (κ2) is 6.32. The number of guanidine groups is 2. The Labute approximate surface area is 145 Å². The SMILES string of the molecule is CNC(=O)c1ccc(Cl)c(N2C(N)=NC(N)=NC23CCCCC3)c1. The standard InChI is InChI=1S/C16H21ClN6O/c1-20-13(24)10-5-6-11(17)12(9-10)23-15(19)21-14(18)22-16(23)7-3-2-4-8-16/h5-6,9H,2-4,7-8H2,1H3,(H,20,24)(H4,18,19,21,22).